The molecule has 0 aliphatic carbocycles. The summed E-state index contributed by atoms with van der Waals surface area (Å²) in [7, 11) is 0. The van der Waals surface area contributed by atoms with Crippen LogP contribution in [0.3, 0.4) is 0 Å². The van der Waals surface area contributed by atoms with Gasteiger partial charge in [0.05, 0.1) is 17.4 Å². The highest BCUT2D eigenvalue weighted by Crippen LogP contribution is 1.95. The Bertz CT molecular complexity index is 307. The molecule has 1 N–H and O–H groups in total. The standard InChI is InChI=1S/C5H4N2OS2/c8-5-7-4(2-10-5)1-6-3-9/h2H,1H2,(H,7,8). The number of nitrogens with zero attached hydrogens (tertiary/aromatic N) is 1. The summed E-state index contributed by atoms with van der Waals surface area (Å²) in [6.07, 6.45) is 0. The van der Waals surface area contributed by atoms with E-state index in [0.717, 1.165) is 17.0 Å². The molecule has 5 heteroatoms. The molecule has 0 fully saturated rings. The Labute approximate surface area is 66.4 Å². The fourth-order valence-corrected chi connectivity index (χ4v) is 1.15. The third kappa shape index (κ3) is 1.88. The van der Waals surface area contributed by atoms with Crippen LogP contribution in [-0.4, -0.2) is 10.1 Å². The van der Waals surface area contributed by atoms with E-state index in [1.807, 2.05) is 0 Å². The van der Waals surface area contributed by atoms with Crippen LogP contribution in [0.2, 0.25) is 0 Å². The number of hydrogen-bond donors (Lipinski definition) is 1. The molecule has 1 rings (SSSR count). The second kappa shape index (κ2) is 3.41. The summed E-state index contributed by atoms with van der Waals surface area (Å²) < 4.78 is 0. The molecule has 0 saturated carbocycles. The molecule has 0 unspecified atom stereocenters. The zero-order valence-electron chi connectivity index (χ0n) is 4.96. The Hall–Kier alpha value is -0.770. The topological polar surface area (TPSA) is 45.2 Å². The summed E-state index contributed by atoms with van der Waals surface area (Å²) in [5, 5.41) is 3.94. The van der Waals surface area contributed by atoms with Crippen LogP contribution in [0.5, 0.6) is 0 Å². The lowest BCUT2D eigenvalue weighted by Gasteiger charge is -1.81. The smallest absolute Gasteiger partial charge is 0.304 e. The average Bonchev–Trinajstić information content (AvgIpc) is 2.31. The van der Waals surface area contributed by atoms with Gasteiger partial charge in [-0.3, -0.25) is 4.79 Å². The van der Waals surface area contributed by atoms with E-state index in [-0.39, 0.29) is 4.87 Å². The van der Waals surface area contributed by atoms with Gasteiger partial charge < -0.3 is 4.98 Å². The molecule has 1 heterocycles. The second-order valence-corrected chi connectivity index (χ2v) is 2.61. The molecule has 0 radical (unpaired) electrons. The van der Waals surface area contributed by atoms with E-state index in [4.69, 9.17) is 0 Å². The first-order valence-corrected chi connectivity index (χ1v) is 3.82. The van der Waals surface area contributed by atoms with Crippen LogP contribution in [0.25, 0.3) is 0 Å². The molecule has 0 aliphatic heterocycles. The summed E-state index contributed by atoms with van der Waals surface area (Å²) in [4.78, 5) is 16.7. The number of aromatic nitrogens is 1. The number of nitrogens with one attached hydrogen (secondary N) is 1. The molecule has 10 heavy (non-hydrogen) atoms. The molecule has 0 amide bonds. The second-order valence-electron chi connectivity index (χ2n) is 1.58. The summed E-state index contributed by atoms with van der Waals surface area (Å²) in [5.41, 5.74) is 0.785. The molecule has 0 spiro atoms. The van der Waals surface area contributed by atoms with E-state index in [1.54, 1.807) is 5.38 Å². The third-order valence-electron chi connectivity index (χ3n) is 0.885. The number of thiazole rings is 1. The van der Waals surface area contributed by atoms with Crippen molar-refractivity contribution in [2.75, 3.05) is 0 Å². The normalized spacial score (nSPS) is 8.80. The fraction of sp³-hybridized carbons (Fsp3) is 0.200. The van der Waals surface area contributed by atoms with Gasteiger partial charge in [-0.25, -0.2) is 4.99 Å². The summed E-state index contributed by atoms with van der Waals surface area (Å²) >= 11 is 5.47. The van der Waals surface area contributed by atoms with Crippen molar-refractivity contribution in [3.05, 3.63) is 20.7 Å². The molecule has 0 aliphatic rings. The minimum Gasteiger partial charge on any atom is -0.315 e. The Morgan fingerprint density at radius 3 is 3.20 bits per heavy atom. The van der Waals surface area contributed by atoms with E-state index in [0.29, 0.717) is 6.54 Å². The van der Waals surface area contributed by atoms with Gasteiger partial charge >= 0.3 is 4.87 Å². The maximum atomic E-state index is 10.5. The molecule has 52 valence electrons. The summed E-state index contributed by atoms with van der Waals surface area (Å²) in [6.45, 7) is 0.419. The first kappa shape index (κ1) is 7.34. The zero-order valence-corrected chi connectivity index (χ0v) is 6.59. The number of aromatic amines is 1. The van der Waals surface area contributed by atoms with Crippen molar-refractivity contribution in [3.8, 4) is 0 Å². The van der Waals surface area contributed by atoms with E-state index in [1.165, 1.54) is 0 Å². The Morgan fingerprint density at radius 2 is 2.70 bits per heavy atom. The van der Waals surface area contributed by atoms with Gasteiger partial charge in [0.25, 0.3) is 0 Å². The third-order valence-corrected chi connectivity index (χ3v) is 1.73. The predicted molar refractivity (Wildman–Crippen MR) is 43.7 cm³/mol. The number of H-pyrrole nitrogens is 1. The summed E-state index contributed by atoms with van der Waals surface area (Å²) in [6, 6.07) is 0. The molecular weight excluding hydrogens is 168 g/mol. The van der Waals surface area contributed by atoms with Gasteiger partial charge in [-0.1, -0.05) is 11.3 Å². The fourth-order valence-electron chi connectivity index (χ4n) is 0.509. The van der Waals surface area contributed by atoms with Crippen LogP contribution in [0, 0.1) is 0 Å². The number of thiocarbonyl (C=S) groups is 1. The quantitative estimate of drug-likeness (QED) is 0.535. The molecule has 1 aromatic rings. The highest BCUT2D eigenvalue weighted by Gasteiger charge is 1.91. The first-order valence-electron chi connectivity index (χ1n) is 2.53. The minimum atomic E-state index is -0.0606. The molecule has 0 atom stereocenters. The van der Waals surface area contributed by atoms with Gasteiger partial charge in [0.15, 0.2) is 0 Å². The highest BCUT2D eigenvalue weighted by molar-refractivity contribution is 7.78. The van der Waals surface area contributed by atoms with Crippen LogP contribution in [-0.2, 0) is 6.54 Å². The number of isothiocyanates is 1. The van der Waals surface area contributed by atoms with Gasteiger partial charge in [-0.05, 0) is 12.2 Å². The number of aliphatic imine (C=N–C) groups is 1. The highest BCUT2D eigenvalue weighted by atomic mass is 32.1. The number of hydrogen-bond acceptors (Lipinski definition) is 4. The van der Waals surface area contributed by atoms with Crippen LogP contribution >= 0.6 is 23.6 Å². The predicted octanol–water partition coefficient (Wildman–Crippen LogP) is 1.04. The van der Waals surface area contributed by atoms with Crippen LogP contribution < -0.4 is 4.87 Å². The van der Waals surface area contributed by atoms with Crippen LogP contribution in [0.15, 0.2) is 15.2 Å². The van der Waals surface area contributed by atoms with E-state index in [9.17, 15) is 4.79 Å². The van der Waals surface area contributed by atoms with Crippen molar-refractivity contribution in [2.45, 2.75) is 6.54 Å². The van der Waals surface area contributed by atoms with Crippen molar-refractivity contribution < 1.29 is 0 Å². The van der Waals surface area contributed by atoms with Crippen molar-refractivity contribution in [1.82, 2.24) is 4.98 Å². The van der Waals surface area contributed by atoms with Gasteiger partial charge in [-0.2, -0.15) is 0 Å². The van der Waals surface area contributed by atoms with E-state index in [2.05, 4.69) is 27.4 Å². The number of rotatable bonds is 2. The van der Waals surface area contributed by atoms with E-state index < -0.39 is 0 Å². The molecule has 3 nitrogen and oxygen atoms in total. The lowest BCUT2D eigenvalue weighted by molar-refractivity contribution is 1.01. The molecule has 0 aromatic carbocycles. The SMILES string of the molecule is O=c1[nH]c(CN=C=S)cs1. The molecular formula is C5H4N2OS2. The molecule has 0 bridgehead atoms. The first-order chi connectivity index (χ1) is 4.83. The largest absolute Gasteiger partial charge is 0.315 e. The maximum Gasteiger partial charge on any atom is 0.304 e. The maximum absolute atomic E-state index is 10.5. The van der Waals surface area contributed by atoms with Crippen molar-refractivity contribution in [2.24, 2.45) is 4.99 Å². The van der Waals surface area contributed by atoms with Gasteiger partial charge in [0.1, 0.15) is 0 Å². The monoisotopic (exact) mass is 172 g/mol. The summed E-state index contributed by atoms with van der Waals surface area (Å²) in [5.74, 6) is 0. The Kier molecular flexibility index (Phi) is 2.50. The van der Waals surface area contributed by atoms with Crippen LogP contribution in [0.1, 0.15) is 5.69 Å². The van der Waals surface area contributed by atoms with E-state index >= 15 is 0 Å². The van der Waals surface area contributed by atoms with Gasteiger partial charge in [0.2, 0.25) is 0 Å². The molecule has 0 saturated heterocycles. The van der Waals surface area contributed by atoms with Crippen molar-refractivity contribution in [1.29, 1.82) is 0 Å². The minimum absolute atomic E-state index is 0.0606. The van der Waals surface area contributed by atoms with Crippen LogP contribution in [0.4, 0.5) is 0 Å². The van der Waals surface area contributed by atoms with Crippen molar-refractivity contribution in [3.63, 3.8) is 0 Å². The van der Waals surface area contributed by atoms with Crippen molar-refractivity contribution >= 4 is 28.7 Å². The lowest BCUT2D eigenvalue weighted by atomic mass is 10.5. The average molecular weight is 172 g/mol. The lowest BCUT2D eigenvalue weighted by Crippen LogP contribution is -1.93. The Balaban J connectivity index is 2.76. The van der Waals surface area contributed by atoms with Gasteiger partial charge in [-0.15, -0.1) is 0 Å². The zero-order chi connectivity index (χ0) is 7.40. The Morgan fingerprint density at radius 1 is 1.90 bits per heavy atom. The van der Waals surface area contributed by atoms with Gasteiger partial charge in [0, 0.05) is 5.38 Å². The molecule has 1 aromatic heterocycles.